The molecule has 0 bridgehead atoms. The predicted octanol–water partition coefficient (Wildman–Crippen LogP) is 4.86. The van der Waals surface area contributed by atoms with Gasteiger partial charge in [-0.3, -0.25) is 9.20 Å². The van der Waals surface area contributed by atoms with Gasteiger partial charge in [-0.15, -0.1) is 10.2 Å². The maximum Gasteiger partial charge on any atom is 0.251 e. The number of hydrogen-bond donors (Lipinski definition) is 1. The van der Waals surface area contributed by atoms with Crippen LogP contribution in [0.25, 0.3) is 28.1 Å². The van der Waals surface area contributed by atoms with Gasteiger partial charge in [-0.25, -0.2) is 4.98 Å². The third-order valence-electron chi connectivity index (χ3n) is 6.05. The van der Waals surface area contributed by atoms with Crippen LogP contribution in [0.1, 0.15) is 21.6 Å². The predicted molar refractivity (Wildman–Crippen MR) is 141 cm³/mol. The van der Waals surface area contributed by atoms with Crippen LogP contribution in [0.3, 0.4) is 0 Å². The molecule has 0 aliphatic carbocycles. The molecule has 2 aromatic heterocycles. The highest BCUT2D eigenvalue weighted by molar-refractivity contribution is 6.33. The standard InChI is InChI=1S/C27H24ClN5O4/c1-15-25-31-32-26(18-7-5-6-8-19(18)28)33(25)21-13-17(9-10-20(21)30-15)27(34)29-14-16-11-22(35-2)24(37-4)23(12-16)36-3/h5-13H,14H2,1-4H3,(H,29,34). The maximum absolute atomic E-state index is 13.2. The summed E-state index contributed by atoms with van der Waals surface area (Å²) in [7, 11) is 4.64. The largest absolute Gasteiger partial charge is 0.493 e. The van der Waals surface area contributed by atoms with Gasteiger partial charge in [0.15, 0.2) is 23.0 Å². The highest BCUT2D eigenvalue weighted by Crippen LogP contribution is 2.38. The second kappa shape index (κ2) is 9.94. The van der Waals surface area contributed by atoms with Crippen LogP contribution in [0, 0.1) is 6.92 Å². The van der Waals surface area contributed by atoms with Crippen molar-refractivity contribution in [2.24, 2.45) is 0 Å². The summed E-state index contributed by atoms with van der Waals surface area (Å²) in [5, 5.41) is 12.2. The summed E-state index contributed by atoms with van der Waals surface area (Å²) >= 11 is 6.46. The number of carbonyl (C=O) groups excluding carboxylic acids is 1. The molecule has 37 heavy (non-hydrogen) atoms. The normalized spacial score (nSPS) is 11.1. The smallest absolute Gasteiger partial charge is 0.251 e. The molecule has 0 saturated heterocycles. The monoisotopic (exact) mass is 517 g/mol. The molecule has 10 heteroatoms. The summed E-state index contributed by atoms with van der Waals surface area (Å²) in [6.45, 7) is 2.13. The van der Waals surface area contributed by atoms with E-state index in [1.165, 1.54) is 0 Å². The van der Waals surface area contributed by atoms with Crippen LogP contribution in [0.5, 0.6) is 17.2 Å². The lowest BCUT2D eigenvalue weighted by Gasteiger charge is -2.14. The quantitative estimate of drug-likeness (QED) is 0.329. The highest BCUT2D eigenvalue weighted by atomic mass is 35.5. The summed E-state index contributed by atoms with van der Waals surface area (Å²) in [6, 6.07) is 16.4. The van der Waals surface area contributed by atoms with E-state index in [0.717, 1.165) is 16.8 Å². The fraction of sp³-hybridized carbons (Fsp3) is 0.185. The van der Waals surface area contributed by atoms with Crippen LogP contribution in [0.4, 0.5) is 0 Å². The molecule has 3 aromatic carbocycles. The first-order valence-corrected chi connectivity index (χ1v) is 11.8. The Kier molecular flexibility index (Phi) is 6.54. The molecule has 0 fully saturated rings. The van der Waals surface area contributed by atoms with Crippen molar-refractivity contribution in [2.75, 3.05) is 21.3 Å². The summed E-state index contributed by atoms with van der Waals surface area (Å²) < 4.78 is 18.1. The minimum atomic E-state index is -0.253. The molecular weight excluding hydrogens is 494 g/mol. The van der Waals surface area contributed by atoms with Gasteiger partial charge in [0, 0.05) is 17.7 Å². The maximum atomic E-state index is 13.2. The van der Waals surface area contributed by atoms with Crippen LogP contribution in [0.15, 0.2) is 54.6 Å². The van der Waals surface area contributed by atoms with Crippen LogP contribution in [-0.4, -0.2) is 46.8 Å². The summed E-state index contributed by atoms with van der Waals surface area (Å²) in [4.78, 5) is 17.8. The number of nitrogens with zero attached hydrogens (tertiary/aromatic N) is 4. The number of aryl methyl sites for hydroxylation is 1. The third-order valence-corrected chi connectivity index (χ3v) is 6.38. The van der Waals surface area contributed by atoms with E-state index < -0.39 is 0 Å². The molecule has 0 saturated carbocycles. The Labute approximate surface area is 218 Å². The summed E-state index contributed by atoms with van der Waals surface area (Å²) in [5.41, 5.74) is 4.71. The zero-order valence-electron chi connectivity index (χ0n) is 20.7. The fourth-order valence-corrected chi connectivity index (χ4v) is 4.47. The molecule has 2 heterocycles. The molecule has 5 rings (SSSR count). The molecular formula is C27H24ClN5O4. The van der Waals surface area contributed by atoms with Gasteiger partial charge in [-0.2, -0.15) is 0 Å². The van der Waals surface area contributed by atoms with Crippen LogP contribution < -0.4 is 19.5 Å². The number of hydrogen-bond acceptors (Lipinski definition) is 7. The van der Waals surface area contributed by atoms with E-state index >= 15 is 0 Å². The van der Waals surface area contributed by atoms with Crippen molar-refractivity contribution in [1.29, 1.82) is 0 Å². The van der Waals surface area contributed by atoms with Crippen molar-refractivity contribution in [2.45, 2.75) is 13.5 Å². The number of ether oxygens (including phenoxy) is 3. The Hall–Kier alpha value is -4.37. The number of rotatable bonds is 7. The van der Waals surface area contributed by atoms with Crippen LogP contribution >= 0.6 is 11.6 Å². The summed E-state index contributed by atoms with van der Waals surface area (Å²) in [5.74, 6) is 1.84. The second-order valence-electron chi connectivity index (χ2n) is 8.28. The topological polar surface area (TPSA) is 99.9 Å². The van der Waals surface area contributed by atoms with Crippen molar-refractivity contribution in [3.63, 3.8) is 0 Å². The lowest BCUT2D eigenvalue weighted by molar-refractivity contribution is 0.0951. The van der Waals surface area contributed by atoms with E-state index in [2.05, 4.69) is 20.5 Å². The molecule has 1 N–H and O–H groups in total. The van der Waals surface area contributed by atoms with E-state index in [1.807, 2.05) is 35.6 Å². The second-order valence-corrected chi connectivity index (χ2v) is 8.69. The van der Waals surface area contributed by atoms with E-state index in [-0.39, 0.29) is 12.5 Å². The molecule has 9 nitrogen and oxygen atoms in total. The Morgan fingerprint density at radius 1 is 0.973 bits per heavy atom. The molecule has 0 aliphatic rings. The minimum Gasteiger partial charge on any atom is -0.493 e. The van der Waals surface area contributed by atoms with E-state index in [1.54, 1.807) is 51.7 Å². The minimum absolute atomic E-state index is 0.253. The zero-order chi connectivity index (χ0) is 26.1. The van der Waals surface area contributed by atoms with E-state index in [9.17, 15) is 4.79 Å². The van der Waals surface area contributed by atoms with Crippen LogP contribution in [-0.2, 0) is 6.54 Å². The summed E-state index contributed by atoms with van der Waals surface area (Å²) in [6.07, 6.45) is 0. The molecule has 0 unspecified atom stereocenters. The first-order valence-electron chi connectivity index (χ1n) is 11.4. The third kappa shape index (κ3) is 4.38. The van der Waals surface area contributed by atoms with Gasteiger partial charge in [0.25, 0.3) is 5.91 Å². The first kappa shape index (κ1) is 24.3. The molecule has 5 aromatic rings. The highest BCUT2D eigenvalue weighted by Gasteiger charge is 2.18. The average molecular weight is 518 g/mol. The van der Waals surface area contributed by atoms with E-state index in [0.29, 0.717) is 50.3 Å². The van der Waals surface area contributed by atoms with Gasteiger partial charge in [0.2, 0.25) is 5.75 Å². The average Bonchev–Trinajstić information content (AvgIpc) is 3.37. The molecule has 1 amide bonds. The number of methoxy groups -OCH3 is 3. The Morgan fingerprint density at radius 3 is 2.38 bits per heavy atom. The number of amides is 1. The van der Waals surface area contributed by atoms with Gasteiger partial charge in [-0.05, 0) is 55.0 Å². The number of aromatic nitrogens is 4. The van der Waals surface area contributed by atoms with Crippen molar-refractivity contribution in [1.82, 2.24) is 24.9 Å². The van der Waals surface area contributed by atoms with E-state index in [4.69, 9.17) is 25.8 Å². The van der Waals surface area contributed by atoms with Gasteiger partial charge in [-0.1, -0.05) is 23.7 Å². The first-order chi connectivity index (χ1) is 17.9. The number of benzene rings is 3. The van der Waals surface area contributed by atoms with Gasteiger partial charge < -0.3 is 19.5 Å². The number of halogens is 1. The SMILES string of the molecule is COc1cc(CNC(=O)c2ccc3nc(C)c4nnc(-c5ccccc5Cl)n4c3c2)cc(OC)c1OC. The Morgan fingerprint density at radius 2 is 1.70 bits per heavy atom. The zero-order valence-corrected chi connectivity index (χ0v) is 21.5. The van der Waals surface area contributed by atoms with Crippen molar-refractivity contribution >= 4 is 34.2 Å². The lowest BCUT2D eigenvalue weighted by Crippen LogP contribution is -2.23. The van der Waals surface area contributed by atoms with Crippen molar-refractivity contribution < 1.29 is 19.0 Å². The molecule has 0 spiro atoms. The number of nitrogens with one attached hydrogen (secondary N) is 1. The van der Waals surface area contributed by atoms with Crippen molar-refractivity contribution in [3.05, 3.63) is 76.4 Å². The molecule has 0 radical (unpaired) electrons. The Bertz CT molecular complexity index is 1620. The van der Waals surface area contributed by atoms with Gasteiger partial charge in [0.1, 0.15) is 0 Å². The molecule has 0 aliphatic heterocycles. The van der Waals surface area contributed by atoms with Crippen LogP contribution in [0.2, 0.25) is 5.02 Å². The number of carbonyl (C=O) groups is 1. The molecule has 188 valence electrons. The van der Waals surface area contributed by atoms with Crippen molar-refractivity contribution in [3.8, 4) is 28.6 Å². The fourth-order valence-electron chi connectivity index (χ4n) is 4.25. The lowest BCUT2D eigenvalue weighted by atomic mass is 10.1. The Balaban J connectivity index is 1.51. The van der Waals surface area contributed by atoms with Gasteiger partial charge >= 0.3 is 0 Å². The molecule has 0 atom stereocenters. The number of fused-ring (bicyclic) bond motifs is 3. The van der Waals surface area contributed by atoms with Gasteiger partial charge in [0.05, 0.1) is 43.1 Å².